The number of carbonyl (C=O) groups excluding carboxylic acids is 1. The number of rotatable bonds is 5. The van der Waals surface area contributed by atoms with Crippen LogP contribution in [0.4, 0.5) is 0 Å². The van der Waals surface area contributed by atoms with Gasteiger partial charge in [0.15, 0.2) is 0 Å². The van der Waals surface area contributed by atoms with Crippen LogP contribution >= 0.6 is 0 Å². The Morgan fingerprint density at radius 2 is 1.24 bits per heavy atom. The minimum atomic E-state index is -0.105. The normalized spacial score (nSPS) is 18.8. The van der Waals surface area contributed by atoms with Crippen molar-refractivity contribution in [2.24, 2.45) is 5.92 Å². The predicted molar refractivity (Wildman–Crippen MR) is 100 cm³/mol. The lowest BCUT2D eigenvalue weighted by Gasteiger charge is -2.20. The number of hydrogen-bond acceptors (Lipinski definition) is 1. The maximum Gasteiger partial charge on any atom is 0.224 e. The number of carbonyl (C=O) groups is 1. The molecule has 2 heteroatoms. The third-order valence-electron chi connectivity index (χ3n) is 4.91. The third-order valence-corrected chi connectivity index (χ3v) is 4.91. The molecule has 1 saturated carbocycles. The molecule has 0 heterocycles. The maximum atomic E-state index is 12.8. The van der Waals surface area contributed by atoms with Gasteiger partial charge in [-0.3, -0.25) is 4.79 Å². The van der Waals surface area contributed by atoms with Crippen LogP contribution in [0.15, 0.2) is 91.0 Å². The molecule has 0 aromatic heterocycles. The first-order chi connectivity index (χ1) is 12.3. The molecule has 1 aliphatic rings. The van der Waals surface area contributed by atoms with Crippen molar-refractivity contribution in [2.75, 3.05) is 0 Å². The van der Waals surface area contributed by atoms with Crippen molar-refractivity contribution in [1.82, 2.24) is 5.32 Å². The molecule has 0 spiro atoms. The summed E-state index contributed by atoms with van der Waals surface area (Å²) in [6.45, 7) is 0. The van der Waals surface area contributed by atoms with Crippen molar-refractivity contribution in [3.8, 4) is 0 Å². The largest absolute Gasteiger partial charge is 0.345 e. The van der Waals surface area contributed by atoms with E-state index in [4.69, 9.17) is 0 Å². The topological polar surface area (TPSA) is 29.1 Å². The summed E-state index contributed by atoms with van der Waals surface area (Å²) in [6, 6.07) is 30.6. The van der Waals surface area contributed by atoms with Crippen molar-refractivity contribution in [3.63, 3.8) is 0 Å². The van der Waals surface area contributed by atoms with Crippen LogP contribution in [-0.2, 0) is 4.79 Å². The highest BCUT2D eigenvalue weighted by Gasteiger charge is 2.44. The van der Waals surface area contributed by atoms with Crippen LogP contribution < -0.4 is 5.32 Å². The van der Waals surface area contributed by atoms with Crippen LogP contribution in [0, 0.1) is 5.92 Å². The molecule has 0 unspecified atom stereocenters. The number of amides is 1. The van der Waals surface area contributed by atoms with E-state index in [1.807, 2.05) is 54.6 Å². The van der Waals surface area contributed by atoms with E-state index in [1.54, 1.807) is 0 Å². The molecule has 3 aromatic carbocycles. The van der Waals surface area contributed by atoms with Gasteiger partial charge in [0.25, 0.3) is 0 Å². The summed E-state index contributed by atoms with van der Waals surface area (Å²) in [7, 11) is 0. The van der Waals surface area contributed by atoms with Crippen LogP contribution in [0.5, 0.6) is 0 Å². The second-order valence-electron chi connectivity index (χ2n) is 6.62. The number of benzene rings is 3. The summed E-state index contributed by atoms with van der Waals surface area (Å²) >= 11 is 0. The van der Waals surface area contributed by atoms with E-state index in [0.29, 0.717) is 5.92 Å². The van der Waals surface area contributed by atoms with Crippen LogP contribution in [-0.4, -0.2) is 5.91 Å². The smallest absolute Gasteiger partial charge is 0.224 e. The van der Waals surface area contributed by atoms with Crippen molar-refractivity contribution < 1.29 is 4.79 Å². The molecular formula is C23H21NO. The van der Waals surface area contributed by atoms with Crippen molar-refractivity contribution in [2.45, 2.75) is 18.4 Å². The Labute approximate surface area is 148 Å². The first-order valence-corrected chi connectivity index (χ1v) is 8.78. The summed E-state index contributed by atoms with van der Waals surface area (Å²) in [5.74, 6) is 0.581. The van der Waals surface area contributed by atoms with E-state index in [0.717, 1.165) is 17.5 Å². The van der Waals surface area contributed by atoms with E-state index < -0.39 is 0 Å². The molecule has 0 aliphatic heterocycles. The minimum Gasteiger partial charge on any atom is -0.345 e. The zero-order valence-electron chi connectivity index (χ0n) is 14.0. The zero-order chi connectivity index (χ0) is 17.1. The Hall–Kier alpha value is -2.87. The van der Waals surface area contributed by atoms with E-state index in [1.165, 1.54) is 5.56 Å². The Bertz CT molecular complexity index is 790. The van der Waals surface area contributed by atoms with E-state index in [2.05, 4.69) is 41.7 Å². The quantitative estimate of drug-likeness (QED) is 0.723. The van der Waals surface area contributed by atoms with Gasteiger partial charge in [0.2, 0.25) is 5.91 Å². The standard InChI is InChI=1S/C23H21NO/c25-23(21-16-20(21)17-10-4-1-5-11-17)24-22(18-12-6-2-7-13-18)19-14-8-3-9-15-19/h1-15,20-22H,16H2,(H,24,25)/t20-,21-/m1/s1. The number of nitrogens with one attached hydrogen (secondary N) is 1. The van der Waals surface area contributed by atoms with E-state index in [-0.39, 0.29) is 17.9 Å². The first-order valence-electron chi connectivity index (χ1n) is 8.78. The van der Waals surface area contributed by atoms with Gasteiger partial charge in [0.1, 0.15) is 0 Å². The molecule has 124 valence electrons. The van der Waals surface area contributed by atoms with Crippen LogP contribution in [0.2, 0.25) is 0 Å². The lowest BCUT2D eigenvalue weighted by atomic mass is 9.98. The molecule has 0 saturated heterocycles. The SMILES string of the molecule is O=C(NC(c1ccccc1)c1ccccc1)[C@@H]1C[C@@H]1c1ccccc1. The molecule has 3 aromatic rings. The molecule has 2 nitrogen and oxygen atoms in total. The van der Waals surface area contributed by atoms with Gasteiger partial charge < -0.3 is 5.32 Å². The second kappa shape index (κ2) is 6.94. The molecule has 0 bridgehead atoms. The summed E-state index contributed by atoms with van der Waals surface area (Å²) in [5, 5.41) is 3.27. The average Bonchev–Trinajstić information content (AvgIpc) is 3.49. The first kappa shape index (κ1) is 15.6. The number of hydrogen-bond donors (Lipinski definition) is 1. The van der Waals surface area contributed by atoms with E-state index >= 15 is 0 Å². The molecule has 25 heavy (non-hydrogen) atoms. The fourth-order valence-corrected chi connectivity index (χ4v) is 3.45. The van der Waals surface area contributed by atoms with Crippen LogP contribution in [0.3, 0.4) is 0 Å². The van der Waals surface area contributed by atoms with Gasteiger partial charge in [-0.25, -0.2) is 0 Å². The average molecular weight is 327 g/mol. The highest BCUT2D eigenvalue weighted by Crippen LogP contribution is 2.47. The molecular weight excluding hydrogens is 306 g/mol. The van der Waals surface area contributed by atoms with Crippen molar-refractivity contribution in [1.29, 1.82) is 0 Å². The molecule has 1 amide bonds. The fourth-order valence-electron chi connectivity index (χ4n) is 3.45. The molecule has 2 atom stereocenters. The third kappa shape index (κ3) is 3.48. The Balaban J connectivity index is 1.53. The van der Waals surface area contributed by atoms with Gasteiger partial charge in [-0.15, -0.1) is 0 Å². The lowest BCUT2D eigenvalue weighted by Crippen LogP contribution is -2.30. The van der Waals surface area contributed by atoms with Crippen LogP contribution in [0.25, 0.3) is 0 Å². The highest BCUT2D eigenvalue weighted by atomic mass is 16.2. The summed E-state index contributed by atoms with van der Waals surface area (Å²) in [4.78, 5) is 12.8. The molecule has 1 N–H and O–H groups in total. The van der Waals surface area contributed by atoms with Gasteiger partial charge in [-0.05, 0) is 29.0 Å². The molecule has 1 aliphatic carbocycles. The maximum absolute atomic E-state index is 12.8. The van der Waals surface area contributed by atoms with Gasteiger partial charge in [0.05, 0.1) is 6.04 Å². The van der Waals surface area contributed by atoms with Gasteiger partial charge in [-0.1, -0.05) is 91.0 Å². The minimum absolute atomic E-state index is 0.0809. The fraction of sp³-hybridized carbons (Fsp3) is 0.174. The van der Waals surface area contributed by atoms with Gasteiger partial charge >= 0.3 is 0 Å². The van der Waals surface area contributed by atoms with Gasteiger partial charge in [-0.2, -0.15) is 0 Å². The second-order valence-corrected chi connectivity index (χ2v) is 6.62. The molecule has 4 rings (SSSR count). The molecule has 0 radical (unpaired) electrons. The van der Waals surface area contributed by atoms with Crippen molar-refractivity contribution in [3.05, 3.63) is 108 Å². The summed E-state index contributed by atoms with van der Waals surface area (Å²) in [6.07, 6.45) is 0.937. The van der Waals surface area contributed by atoms with E-state index in [9.17, 15) is 4.79 Å². The lowest BCUT2D eigenvalue weighted by molar-refractivity contribution is -0.122. The summed E-state index contributed by atoms with van der Waals surface area (Å²) < 4.78 is 0. The van der Waals surface area contributed by atoms with Gasteiger partial charge in [0, 0.05) is 5.92 Å². The Morgan fingerprint density at radius 3 is 1.76 bits per heavy atom. The Kier molecular flexibility index (Phi) is 4.34. The van der Waals surface area contributed by atoms with Crippen molar-refractivity contribution >= 4 is 5.91 Å². The van der Waals surface area contributed by atoms with Crippen LogP contribution in [0.1, 0.15) is 35.1 Å². The Morgan fingerprint density at radius 1 is 0.760 bits per heavy atom. The monoisotopic (exact) mass is 327 g/mol. The zero-order valence-corrected chi connectivity index (χ0v) is 14.0. The predicted octanol–water partition coefficient (Wildman–Crippen LogP) is 4.70. The summed E-state index contributed by atoms with van der Waals surface area (Å²) in [5.41, 5.74) is 3.48. The highest BCUT2D eigenvalue weighted by molar-refractivity contribution is 5.83. The molecule has 1 fully saturated rings.